The van der Waals surface area contributed by atoms with Crippen LogP contribution in [0.5, 0.6) is 0 Å². The third-order valence-electron chi connectivity index (χ3n) is 9.32. The molecular weight excluding hydrogens is 642 g/mol. The Morgan fingerprint density at radius 3 is 1.45 bits per heavy atom. The highest BCUT2D eigenvalue weighted by atomic mass is 16.6. The minimum Gasteiger partial charge on any atom is -0.477 e. The number of quaternary nitrogens is 1. The summed E-state index contributed by atoms with van der Waals surface area (Å²) in [6.45, 7) is 4.68. The largest absolute Gasteiger partial charge is 0.477 e. The van der Waals surface area contributed by atoms with Crippen LogP contribution in [0.15, 0.2) is 24.3 Å². The number of rotatable bonds is 37. The average molecular weight is 723 g/mol. The number of carboxylic acid groups (broad SMARTS) is 1. The van der Waals surface area contributed by atoms with Crippen LogP contribution in [0.25, 0.3) is 0 Å². The minimum absolute atomic E-state index is 0.0542. The molecule has 0 aromatic carbocycles. The molecule has 0 fully saturated rings. The molecule has 0 bridgehead atoms. The van der Waals surface area contributed by atoms with Crippen LogP contribution in [0, 0.1) is 0 Å². The first-order valence-electron chi connectivity index (χ1n) is 20.9. The summed E-state index contributed by atoms with van der Waals surface area (Å²) in [5, 5.41) is 9.59. The van der Waals surface area contributed by atoms with E-state index in [0.717, 1.165) is 51.4 Å². The number of aliphatic carboxylic acids is 1. The number of ether oxygens (including phenoxy) is 3. The maximum absolute atomic E-state index is 12.7. The van der Waals surface area contributed by atoms with E-state index in [9.17, 15) is 19.5 Å². The molecule has 0 radical (unpaired) electrons. The molecule has 0 saturated carbocycles. The molecule has 298 valence electrons. The number of carboxylic acids is 1. The van der Waals surface area contributed by atoms with Gasteiger partial charge in [0.2, 0.25) is 0 Å². The maximum Gasteiger partial charge on any atom is 0.362 e. The third kappa shape index (κ3) is 33.4. The van der Waals surface area contributed by atoms with Gasteiger partial charge in [-0.25, -0.2) is 4.79 Å². The van der Waals surface area contributed by atoms with Crippen molar-refractivity contribution in [2.45, 2.75) is 193 Å². The fourth-order valence-electron chi connectivity index (χ4n) is 6.02. The summed E-state index contributed by atoms with van der Waals surface area (Å²) >= 11 is 0. The molecule has 0 saturated heterocycles. The van der Waals surface area contributed by atoms with Gasteiger partial charge in [-0.3, -0.25) is 9.59 Å². The summed E-state index contributed by atoms with van der Waals surface area (Å²) in [6.07, 6.45) is 36.4. The molecule has 0 aliphatic rings. The second-order valence-electron chi connectivity index (χ2n) is 15.2. The van der Waals surface area contributed by atoms with Crippen LogP contribution in [0.3, 0.4) is 0 Å². The highest BCUT2D eigenvalue weighted by molar-refractivity contribution is 5.72. The number of unbranched alkanes of at least 4 members (excludes halogenated alkanes) is 19. The van der Waals surface area contributed by atoms with Crippen LogP contribution in [-0.4, -0.2) is 80.6 Å². The number of hydrogen-bond acceptors (Lipinski definition) is 6. The quantitative estimate of drug-likeness (QED) is 0.0295. The second-order valence-corrected chi connectivity index (χ2v) is 15.2. The van der Waals surface area contributed by atoms with Crippen molar-refractivity contribution < 1.29 is 38.2 Å². The maximum atomic E-state index is 12.7. The normalized spacial score (nSPS) is 13.2. The fraction of sp³-hybridized carbons (Fsp3) is 0.837. The first kappa shape index (κ1) is 48.8. The van der Waals surface area contributed by atoms with Gasteiger partial charge in [0.15, 0.2) is 12.1 Å². The van der Waals surface area contributed by atoms with Gasteiger partial charge in [-0.05, 0) is 64.2 Å². The van der Waals surface area contributed by atoms with Gasteiger partial charge in [0, 0.05) is 19.3 Å². The molecule has 0 aromatic rings. The van der Waals surface area contributed by atoms with E-state index in [2.05, 4.69) is 38.2 Å². The Labute approximate surface area is 313 Å². The van der Waals surface area contributed by atoms with Crippen LogP contribution >= 0.6 is 0 Å². The topological polar surface area (TPSA) is 99.1 Å². The lowest BCUT2D eigenvalue weighted by Crippen LogP contribution is -2.50. The Hall–Kier alpha value is -2.19. The highest BCUT2D eigenvalue weighted by Crippen LogP contribution is 2.14. The molecule has 0 heterocycles. The zero-order chi connectivity index (χ0) is 37.8. The molecule has 2 unspecified atom stereocenters. The summed E-state index contributed by atoms with van der Waals surface area (Å²) < 4.78 is 17.2. The van der Waals surface area contributed by atoms with Crippen molar-refractivity contribution in [3.05, 3.63) is 24.3 Å². The third-order valence-corrected chi connectivity index (χ3v) is 9.32. The zero-order valence-corrected chi connectivity index (χ0v) is 33.8. The van der Waals surface area contributed by atoms with E-state index in [0.29, 0.717) is 19.3 Å². The molecule has 0 aliphatic heterocycles. The lowest BCUT2D eigenvalue weighted by atomic mass is 10.1. The highest BCUT2D eigenvalue weighted by Gasteiger charge is 2.31. The number of hydrogen-bond donors (Lipinski definition) is 1. The Balaban J connectivity index is 4.37. The molecule has 2 atom stereocenters. The van der Waals surface area contributed by atoms with Crippen molar-refractivity contribution in [3.8, 4) is 0 Å². The molecule has 51 heavy (non-hydrogen) atoms. The summed E-state index contributed by atoms with van der Waals surface area (Å²) in [5.41, 5.74) is 0. The number of nitrogens with zero attached hydrogens (tertiary/aromatic N) is 1. The summed E-state index contributed by atoms with van der Waals surface area (Å²) in [7, 11) is 5.52. The molecule has 0 amide bonds. The van der Waals surface area contributed by atoms with E-state index < -0.39 is 18.1 Å². The Morgan fingerprint density at radius 1 is 0.569 bits per heavy atom. The molecule has 8 nitrogen and oxygen atoms in total. The van der Waals surface area contributed by atoms with Crippen molar-refractivity contribution >= 4 is 17.9 Å². The molecule has 1 N–H and O–H groups in total. The lowest BCUT2D eigenvalue weighted by molar-refractivity contribution is -0.887. The van der Waals surface area contributed by atoms with Gasteiger partial charge in [0.25, 0.3) is 0 Å². The van der Waals surface area contributed by atoms with Crippen LogP contribution < -0.4 is 0 Å². The molecule has 0 rings (SSSR count). The minimum atomic E-state index is -0.877. The Morgan fingerprint density at radius 2 is 0.980 bits per heavy atom. The van der Waals surface area contributed by atoms with Crippen molar-refractivity contribution in [3.63, 3.8) is 0 Å². The summed E-state index contributed by atoms with van der Waals surface area (Å²) in [5.74, 6) is -1.48. The predicted molar refractivity (Wildman–Crippen MR) is 211 cm³/mol. The van der Waals surface area contributed by atoms with Gasteiger partial charge in [0.1, 0.15) is 6.61 Å². The summed E-state index contributed by atoms with van der Waals surface area (Å²) in [6, 6.07) is -0.613. The number of carbonyl (C=O) groups is 3. The predicted octanol–water partition coefficient (Wildman–Crippen LogP) is 10.9. The van der Waals surface area contributed by atoms with E-state index >= 15 is 0 Å². The van der Waals surface area contributed by atoms with Crippen LogP contribution in [-0.2, 0) is 28.6 Å². The van der Waals surface area contributed by atoms with Gasteiger partial charge in [-0.2, -0.15) is 0 Å². The van der Waals surface area contributed by atoms with Gasteiger partial charge in [-0.15, -0.1) is 0 Å². The van der Waals surface area contributed by atoms with E-state index in [1.165, 1.54) is 96.3 Å². The average Bonchev–Trinajstić information content (AvgIpc) is 3.08. The monoisotopic (exact) mass is 723 g/mol. The van der Waals surface area contributed by atoms with E-state index in [-0.39, 0.29) is 36.2 Å². The van der Waals surface area contributed by atoms with Gasteiger partial charge >= 0.3 is 17.9 Å². The first-order valence-corrected chi connectivity index (χ1v) is 20.9. The van der Waals surface area contributed by atoms with Crippen molar-refractivity contribution in [1.82, 2.24) is 0 Å². The van der Waals surface area contributed by atoms with Gasteiger partial charge < -0.3 is 23.8 Å². The van der Waals surface area contributed by atoms with Gasteiger partial charge in [-0.1, -0.05) is 122 Å². The zero-order valence-electron chi connectivity index (χ0n) is 33.8. The SMILES string of the molecule is CCCCC/C=C/CCCCCCCC(=O)OC(COCCC(C(=O)O)[N+](C)(C)C)COC(=O)CCCCCCCCC/C=C/CCCCCC. The van der Waals surface area contributed by atoms with Crippen LogP contribution in [0.2, 0.25) is 0 Å². The van der Waals surface area contributed by atoms with Crippen molar-refractivity contribution in [2.75, 3.05) is 41.0 Å². The molecule has 0 spiro atoms. The van der Waals surface area contributed by atoms with Crippen molar-refractivity contribution in [1.29, 1.82) is 0 Å². The van der Waals surface area contributed by atoms with E-state index in [1.54, 1.807) is 0 Å². The van der Waals surface area contributed by atoms with Crippen LogP contribution in [0.1, 0.15) is 181 Å². The molecule has 8 heteroatoms. The number of likely N-dealkylation sites (N-methyl/N-ethyl adjacent to an activating group) is 1. The number of carbonyl (C=O) groups excluding carboxylic acids is 2. The van der Waals surface area contributed by atoms with E-state index in [1.807, 2.05) is 21.1 Å². The lowest BCUT2D eigenvalue weighted by Gasteiger charge is -2.31. The van der Waals surface area contributed by atoms with Crippen LogP contribution in [0.4, 0.5) is 0 Å². The smallest absolute Gasteiger partial charge is 0.362 e. The summed E-state index contributed by atoms with van der Waals surface area (Å²) in [4.78, 5) is 36.8. The molecule has 0 aliphatic carbocycles. The first-order chi connectivity index (χ1) is 24.6. The molecular formula is C43H80NO7+. The Bertz CT molecular complexity index is 895. The van der Waals surface area contributed by atoms with Gasteiger partial charge in [0.05, 0.1) is 34.4 Å². The standard InChI is InChI=1S/C43H79NO7/c1-6-8-10-12-14-16-18-20-21-22-24-25-27-29-31-33-41(45)50-38-39(37-49-36-35-40(43(47)48)44(3,4)5)51-42(46)34-32-30-28-26-23-19-17-15-13-11-9-7-2/h15-18,39-40H,6-14,19-38H2,1-5H3/p+1/b17-15+,18-16+. The fourth-order valence-corrected chi connectivity index (χ4v) is 6.02. The number of esters is 2. The van der Waals surface area contributed by atoms with E-state index in [4.69, 9.17) is 14.2 Å². The number of allylic oxidation sites excluding steroid dienone is 4. The Kier molecular flexibility index (Phi) is 33.4. The molecule has 0 aromatic heterocycles. The second kappa shape index (κ2) is 34.9. The van der Waals surface area contributed by atoms with Crippen molar-refractivity contribution in [2.24, 2.45) is 0 Å².